The number of rotatable bonds is 58. The summed E-state index contributed by atoms with van der Waals surface area (Å²) in [5.41, 5.74) is 0. The molecule has 0 aliphatic heterocycles. The lowest BCUT2D eigenvalue weighted by Crippen LogP contribution is -2.30. The molecule has 0 aromatic heterocycles. The molecule has 412 valence electrons. The molecule has 0 spiro atoms. The summed E-state index contributed by atoms with van der Waals surface area (Å²) in [6.45, 7) is 6.63. The van der Waals surface area contributed by atoms with Crippen molar-refractivity contribution in [1.29, 1.82) is 0 Å². The summed E-state index contributed by atoms with van der Waals surface area (Å²) in [5.74, 6) is -0.852. The highest BCUT2D eigenvalue weighted by Crippen LogP contribution is 2.18. The molecule has 0 aliphatic rings. The van der Waals surface area contributed by atoms with E-state index in [4.69, 9.17) is 14.2 Å². The van der Waals surface area contributed by atoms with Crippen molar-refractivity contribution in [2.45, 2.75) is 354 Å². The molecule has 0 fully saturated rings. The summed E-state index contributed by atoms with van der Waals surface area (Å²) in [7, 11) is 0. The zero-order valence-electron chi connectivity index (χ0n) is 47.3. The molecule has 0 rings (SSSR count). The van der Waals surface area contributed by atoms with E-state index in [-0.39, 0.29) is 31.1 Å². The zero-order chi connectivity index (χ0) is 50.7. The lowest BCUT2D eigenvalue weighted by atomic mass is 10.0. The largest absolute Gasteiger partial charge is 0.462 e. The van der Waals surface area contributed by atoms with Crippen LogP contribution >= 0.6 is 0 Å². The quantitative estimate of drug-likeness (QED) is 0.0261. The van der Waals surface area contributed by atoms with Crippen LogP contribution in [0.25, 0.3) is 0 Å². The SMILES string of the molecule is CCCCCCC/C=C\C/C=C\CCCCCCCCCCCCCCCCCCCC(=O)OCC(COC(=O)CCCCCCCC)OC(=O)CCCCCCCCCCCCCCCCCCC. The highest BCUT2D eigenvalue weighted by Gasteiger charge is 2.19. The molecular formula is C64H120O6. The Hall–Kier alpha value is -2.11. The summed E-state index contributed by atoms with van der Waals surface area (Å²) in [5, 5.41) is 0. The molecule has 0 bridgehead atoms. The van der Waals surface area contributed by atoms with E-state index in [0.717, 1.165) is 64.2 Å². The highest BCUT2D eigenvalue weighted by molar-refractivity contribution is 5.71. The third kappa shape index (κ3) is 56.8. The summed E-state index contributed by atoms with van der Waals surface area (Å²) in [4.78, 5) is 37.9. The number of allylic oxidation sites excluding steroid dienone is 4. The summed E-state index contributed by atoms with van der Waals surface area (Å²) >= 11 is 0. The Balaban J connectivity index is 3.98. The molecule has 0 aliphatic carbocycles. The topological polar surface area (TPSA) is 78.9 Å². The molecule has 0 heterocycles. The molecule has 70 heavy (non-hydrogen) atoms. The monoisotopic (exact) mass is 985 g/mol. The standard InChI is InChI=1S/C64H120O6/c1-4-7-10-13-16-18-20-22-24-26-27-28-29-30-31-32-33-34-35-36-37-39-40-42-44-46-48-51-54-57-63(66)69-60-61(59-68-62(65)56-53-50-15-12-9-6-3)70-64(67)58-55-52-49-47-45-43-41-38-25-23-21-19-17-14-11-8-5-2/h20,22,26-27,61H,4-19,21,23-25,28-60H2,1-3H3/b22-20-,27-26-. The van der Waals surface area contributed by atoms with E-state index in [1.54, 1.807) is 0 Å². The van der Waals surface area contributed by atoms with Crippen LogP contribution < -0.4 is 0 Å². The molecule has 0 amide bonds. The fourth-order valence-corrected chi connectivity index (χ4v) is 9.48. The van der Waals surface area contributed by atoms with E-state index in [0.29, 0.717) is 19.3 Å². The van der Waals surface area contributed by atoms with Crippen LogP contribution in [0.5, 0.6) is 0 Å². The van der Waals surface area contributed by atoms with Crippen molar-refractivity contribution in [3.63, 3.8) is 0 Å². The maximum absolute atomic E-state index is 12.8. The average molecular weight is 986 g/mol. The number of esters is 3. The van der Waals surface area contributed by atoms with Gasteiger partial charge >= 0.3 is 17.9 Å². The molecule has 0 aromatic rings. The zero-order valence-corrected chi connectivity index (χ0v) is 47.3. The van der Waals surface area contributed by atoms with Gasteiger partial charge in [0, 0.05) is 19.3 Å². The third-order valence-corrected chi connectivity index (χ3v) is 14.2. The average Bonchev–Trinajstić information content (AvgIpc) is 3.36. The van der Waals surface area contributed by atoms with Gasteiger partial charge in [0.1, 0.15) is 13.2 Å². The van der Waals surface area contributed by atoms with Crippen LogP contribution in [-0.4, -0.2) is 37.2 Å². The van der Waals surface area contributed by atoms with Crippen LogP contribution in [0.3, 0.4) is 0 Å². The minimum absolute atomic E-state index is 0.0653. The third-order valence-electron chi connectivity index (χ3n) is 14.2. The molecule has 1 atom stereocenters. The molecular weight excluding hydrogens is 865 g/mol. The summed E-state index contributed by atoms with van der Waals surface area (Å²) in [6.07, 6.45) is 70.8. The second-order valence-corrected chi connectivity index (χ2v) is 21.3. The second-order valence-electron chi connectivity index (χ2n) is 21.3. The van der Waals surface area contributed by atoms with Crippen LogP contribution in [0.15, 0.2) is 24.3 Å². The van der Waals surface area contributed by atoms with E-state index >= 15 is 0 Å². The van der Waals surface area contributed by atoms with Crippen LogP contribution in [0.4, 0.5) is 0 Å². The van der Waals surface area contributed by atoms with Gasteiger partial charge in [-0.25, -0.2) is 0 Å². The fraction of sp³-hybridized carbons (Fsp3) is 0.891. The van der Waals surface area contributed by atoms with Crippen molar-refractivity contribution in [2.75, 3.05) is 13.2 Å². The summed E-state index contributed by atoms with van der Waals surface area (Å²) in [6, 6.07) is 0. The Morgan fingerprint density at radius 1 is 0.286 bits per heavy atom. The first-order valence-electron chi connectivity index (χ1n) is 31.3. The highest BCUT2D eigenvalue weighted by atomic mass is 16.6. The van der Waals surface area contributed by atoms with Gasteiger partial charge in [0.2, 0.25) is 0 Å². The number of hydrogen-bond acceptors (Lipinski definition) is 6. The molecule has 0 aromatic carbocycles. The van der Waals surface area contributed by atoms with Gasteiger partial charge in [0.15, 0.2) is 6.10 Å². The second kappa shape index (κ2) is 59.5. The van der Waals surface area contributed by atoms with E-state index < -0.39 is 6.10 Å². The van der Waals surface area contributed by atoms with Gasteiger partial charge in [-0.05, 0) is 51.4 Å². The Bertz CT molecular complexity index is 1130. The predicted molar refractivity (Wildman–Crippen MR) is 303 cm³/mol. The van der Waals surface area contributed by atoms with Crippen molar-refractivity contribution in [3.8, 4) is 0 Å². The molecule has 0 radical (unpaired) electrons. The van der Waals surface area contributed by atoms with E-state index in [9.17, 15) is 14.4 Å². The summed E-state index contributed by atoms with van der Waals surface area (Å²) < 4.78 is 16.8. The first-order chi connectivity index (χ1) is 34.5. The van der Waals surface area contributed by atoms with Crippen molar-refractivity contribution in [3.05, 3.63) is 24.3 Å². The first-order valence-corrected chi connectivity index (χ1v) is 31.3. The van der Waals surface area contributed by atoms with Crippen LogP contribution in [-0.2, 0) is 28.6 Å². The lowest BCUT2D eigenvalue weighted by molar-refractivity contribution is -0.167. The van der Waals surface area contributed by atoms with Crippen molar-refractivity contribution < 1.29 is 28.6 Å². The maximum atomic E-state index is 12.8. The Morgan fingerprint density at radius 2 is 0.514 bits per heavy atom. The number of carbonyl (C=O) groups is 3. The first kappa shape index (κ1) is 67.9. The minimum atomic E-state index is -0.763. The van der Waals surface area contributed by atoms with Crippen molar-refractivity contribution >= 4 is 17.9 Å². The molecule has 6 nitrogen and oxygen atoms in total. The van der Waals surface area contributed by atoms with Gasteiger partial charge in [0.05, 0.1) is 0 Å². The van der Waals surface area contributed by atoms with Crippen LogP contribution in [0.2, 0.25) is 0 Å². The fourth-order valence-electron chi connectivity index (χ4n) is 9.48. The van der Waals surface area contributed by atoms with Crippen molar-refractivity contribution in [2.24, 2.45) is 0 Å². The number of unbranched alkanes of at least 4 members (excludes halogenated alkanes) is 43. The van der Waals surface area contributed by atoms with E-state index in [1.165, 1.54) is 244 Å². The molecule has 0 saturated carbocycles. The van der Waals surface area contributed by atoms with E-state index in [1.807, 2.05) is 0 Å². The number of hydrogen-bond donors (Lipinski definition) is 0. The molecule has 0 N–H and O–H groups in total. The Labute approximate surface area is 436 Å². The number of carbonyl (C=O) groups excluding carboxylic acids is 3. The Morgan fingerprint density at radius 3 is 0.786 bits per heavy atom. The van der Waals surface area contributed by atoms with E-state index in [2.05, 4.69) is 45.1 Å². The Kier molecular flexibility index (Phi) is 57.7. The van der Waals surface area contributed by atoms with Gasteiger partial charge in [-0.2, -0.15) is 0 Å². The predicted octanol–water partition coefficient (Wildman–Crippen LogP) is 21.1. The van der Waals surface area contributed by atoms with Gasteiger partial charge < -0.3 is 14.2 Å². The maximum Gasteiger partial charge on any atom is 0.306 e. The molecule has 1 unspecified atom stereocenters. The number of ether oxygens (including phenoxy) is 3. The smallest absolute Gasteiger partial charge is 0.306 e. The van der Waals surface area contributed by atoms with Crippen molar-refractivity contribution in [1.82, 2.24) is 0 Å². The van der Waals surface area contributed by atoms with Crippen LogP contribution in [0, 0.1) is 0 Å². The van der Waals surface area contributed by atoms with Gasteiger partial charge in [-0.1, -0.05) is 302 Å². The van der Waals surface area contributed by atoms with Crippen LogP contribution in [0.1, 0.15) is 348 Å². The van der Waals surface area contributed by atoms with Gasteiger partial charge in [-0.15, -0.1) is 0 Å². The van der Waals surface area contributed by atoms with Gasteiger partial charge in [-0.3, -0.25) is 14.4 Å². The normalized spacial score (nSPS) is 12.1. The molecule has 6 heteroatoms. The lowest BCUT2D eigenvalue weighted by Gasteiger charge is -2.18. The van der Waals surface area contributed by atoms with Gasteiger partial charge in [0.25, 0.3) is 0 Å². The molecule has 0 saturated heterocycles. The minimum Gasteiger partial charge on any atom is -0.462 e.